The van der Waals surface area contributed by atoms with E-state index >= 15 is 0 Å². The van der Waals surface area contributed by atoms with Crippen molar-refractivity contribution in [1.82, 2.24) is 15.5 Å². The Hall–Kier alpha value is -2.10. The summed E-state index contributed by atoms with van der Waals surface area (Å²) in [5.74, 6) is 2.02. The number of amides is 2. The van der Waals surface area contributed by atoms with Gasteiger partial charge in [-0.2, -0.15) is 0 Å². The summed E-state index contributed by atoms with van der Waals surface area (Å²) in [6, 6.07) is 9.77. The number of fused-ring (bicyclic) bond motifs is 5. The van der Waals surface area contributed by atoms with Crippen LogP contribution in [0, 0.1) is 23.7 Å². The number of imide groups is 1. The molecule has 4 unspecified atom stereocenters. The lowest BCUT2D eigenvalue weighted by atomic mass is 9.85. The Labute approximate surface area is 207 Å². The van der Waals surface area contributed by atoms with Gasteiger partial charge in [0.2, 0.25) is 11.8 Å². The number of guanidine groups is 1. The van der Waals surface area contributed by atoms with Crippen LogP contribution in [0.4, 0.5) is 0 Å². The van der Waals surface area contributed by atoms with Crippen molar-refractivity contribution in [3.63, 3.8) is 0 Å². The van der Waals surface area contributed by atoms with Crippen LogP contribution in [0.15, 0.2) is 47.5 Å². The lowest BCUT2D eigenvalue weighted by Gasteiger charge is -2.18. The fraction of sp³-hybridized carbons (Fsp3) is 0.542. The third kappa shape index (κ3) is 5.44. The van der Waals surface area contributed by atoms with Gasteiger partial charge in [-0.15, -0.1) is 24.0 Å². The van der Waals surface area contributed by atoms with E-state index in [2.05, 4.69) is 27.8 Å². The van der Waals surface area contributed by atoms with Gasteiger partial charge in [-0.1, -0.05) is 30.4 Å². The van der Waals surface area contributed by atoms with Crippen molar-refractivity contribution in [2.45, 2.75) is 26.2 Å². The molecule has 1 saturated heterocycles. The van der Waals surface area contributed by atoms with Crippen LogP contribution >= 0.6 is 24.0 Å². The average Bonchev–Trinajstić information content (AvgIpc) is 3.46. The minimum Gasteiger partial charge on any atom is -0.494 e. The number of ether oxygens (including phenoxy) is 1. The molecular weight excluding hydrogens is 519 g/mol. The number of rotatable bonds is 10. The first-order valence-electron chi connectivity index (χ1n) is 11.4. The summed E-state index contributed by atoms with van der Waals surface area (Å²) < 4.78 is 5.69. The Kier molecular flexibility index (Phi) is 8.95. The van der Waals surface area contributed by atoms with E-state index in [9.17, 15) is 9.59 Å². The van der Waals surface area contributed by atoms with E-state index < -0.39 is 0 Å². The quantitative estimate of drug-likeness (QED) is 0.117. The van der Waals surface area contributed by atoms with Crippen molar-refractivity contribution in [2.75, 3.05) is 32.8 Å². The van der Waals surface area contributed by atoms with E-state index in [0.717, 1.165) is 31.1 Å². The zero-order chi connectivity index (χ0) is 21.6. The Bertz CT molecular complexity index is 815. The summed E-state index contributed by atoms with van der Waals surface area (Å²) >= 11 is 0. The molecule has 4 atom stereocenters. The maximum absolute atomic E-state index is 12.7. The second kappa shape index (κ2) is 11.7. The molecule has 1 aromatic rings. The number of benzene rings is 1. The number of nitrogens with zero attached hydrogens (tertiary/aromatic N) is 2. The van der Waals surface area contributed by atoms with Gasteiger partial charge in [-0.05, 0) is 43.7 Å². The zero-order valence-electron chi connectivity index (χ0n) is 18.5. The Morgan fingerprint density at radius 3 is 2.41 bits per heavy atom. The van der Waals surface area contributed by atoms with Crippen molar-refractivity contribution in [3.05, 3.63) is 42.5 Å². The smallest absolute Gasteiger partial charge is 0.233 e. The number of hydrogen-bond donors (Lipinski definition) is 2. The number of carbonyl (C=O) groups is 2. The number of hydrogen-bond acceptors (Lipinski definition) is 4. The summed E-state index contributed by atoms with van der Waals surface area (Å²) in [5.41, 5.74) is 0. The van der Waals surface area contributed by atoms with Crippen LogP contribution in [-0.4, -0.2) is 55.5 Å². The molecule has 2 fully saturated rings. The van der Waals surface area contributed by atoms with Gasteiger partial charge in [-0.3, -0.25) is 19.5 Å². The van der Waals surface area contributed by atoms with Gasteiger partial charge in [0.15, 0.2) is 5.96 Å². The molecule has 2 bridgehead atoms. The van der Waals surface area contributed by atoms with Gasteiger partial charge in [0.1, 0.15) is 5.75 Å². The molecule has 7 nitrogen and oxygen atoms in total. The first-order valence-corrected chi connectivity index (χ1v) is 11.4. The van der Waals surface area contributed by atoms with E-state index in [0.29, 0.717) is 32.7 Å². The fourth-order valence-electron chi connectivity index (χ4n) is 4.93. The molecule has 32 heavy (non-hydrogen) atoms. The predicted octanol–water partition coefficient (Wildman–Crippen LogP) is 2.83. The molecular formula is C24H33IN4O3. The summed E-state index contributed by atoms with van der Waals surface area (Å²) in [6.45, 7) is 5.20. The number of para-hydroxylation sites is 1. The summed E-state index contributed by atoms with van der Waals surface area (Å²) in [7, 11) is 0. The number of carbonyl (C=O) groups excluding carboxylic acids is 2. The van der Waals surface area contributed by atoms with Gasteiger partial charge in [-0.25, -0.2) is 0 Å². The highest BCUT2D eigenvalue weighted by Crippen LogP contribution is 2.52. The second-order valence-corrected chi connectivity index (χ2v) is 8.38. The summed E-state index contributed by atoms with van der Waals surface area (Å²) in [4.78, 5) is 31.5. The molecule has 2 aliphatic carbocycles. The zero-order valence-corrected chi connectivity index (χ0v) is 20.9. The number of likely N-dealkylation sites (tertiary alicyclic amines) is 1. The van der Waals surface area contributed by atoms with E-state index in [4.69, 9.17) is 4.74 Å². The highest BCUT2D eigenvalue weighted by molar-refractivity contribution is 14.0. The molecule has 1 aliphatic heterocycles. The molecule has 4 rings (SSSR count). The van der Waals surface area contributed by atoms with E-state index in [1.807, 2.05) is 37.3 Å². The number of aliphatic imine (C=N–C) groups is 1. The van der Waals surface area contributed by atoms with Crippen molar-refractivity contribution in [3.8, 4) is 5.75 Å². The van der Waals surface area contributed by atoms with E-state index in [1.54, 1.807) is 0 Å². The van der Waals surface area contributed by atoms with Crippen LogP contribution < -0.4 is 15.4 Å². The normalized spacial score (nSPS) is 25.7. The van der Waals surface area contributed by atoms with Gasteiger partial charge in [0.25, 0.3) is 0 Å². The molecule has 1 heterocycles. The van der Waals surface area contributed by atoms with Crippen molar-refractivity contribution >= 4 is 41.8 Å². The van der Waals surface area contributed by atoms with Gasteiger partial charge in [0.05, 0.1) is 18.4 Å². The molecule has 8 heteroatoms. The van der Waals surface area contributed by atoms with Crippen LogP contribution in [0.2, 0.25) is 0 Å². The second-order valence-electron chi connectivity index (χ2n) is 8.38. The molecule has 2 amide bonds. The first kappa shape index (κ1) is 24.5. The maximum Gasteiger partial charge on any atom is 0.233 e. The highest BCUT2D eigenvalue weighted by atomic mass is 127. The molecule has 0 radical (unpaired) electrons. The summed E-state index contributed by atoms with van der Waals surface area (Å²) in [5, 5.41) is 6.53. The Balaban J connectivity index is 0.00000289. The molecule has 1 saturated carbocycles. The standard InChI is InChI=1S/C24H32N4O3.HI/c1-2-25-24(27-13-7-15-31-19-8-4-3-5-9-19)26-12-6-14-28-22(29)20-17-10-11-18(16-17)21(20)23(28)30;/h3-5,8-11,17-18,20-21H,2,6-7,12-16H2,1H3,(H2,25,26,27);1H. The van der Waals surface area contributed by atoms with E-state index in [1.165, 1.54) is 4.90 Å². The Morgan fingerprint density at radius 2 is 1.75 bits per heavy atom. The molecule has 1 aromatic carbocycles. The first-order chi connectivity index (χ1) is 15.2. The van der Waals surface area contributed by atoms with Gasteiger partial charge < -0.3 is 15.4 Å². The number of allylic oxidation sites excluding steroid dienone is 2. The third-order valence-corrected chi connectivity index (χ3v) is 6.34. The maximum atomic E-state index is 12.7. The lowest BCUT2D eigenvalue weighted by Crippen LogP contribution is -2.40. The topological polar surface area (TPSA) is 83.0 Å². The minimum atomic E-state index is -0.104. The lowest BCUT2D eigenvalue weighted by molar-refractivity contribution is -0.140. The largest absolute Gasteiger partial charge is 0.494 e. The van der Waals surface area contributed by atoms with E-state index in [-0.39, 0.29) is 59.5 Å². The van der Waals surface area contributed by atoms with Gasteiger partial charge >= 0.3 is 0 Å². The predicted molar refractivity (Wildman–Crippen MR) is 135 cm³/mol. The minimum absolute atomic E-state index is 0. The van der Waals surface area contributed by atoms with Crippen LogP contribution in [0.1, 0.15) is 26.2 Å². The van der Waals surface area contributed by atoms with Crippen molar-refractivity contribution in [1.29, 1.82) is 0 Å². The molecule has 0 spiro atoms. The Morgan fingerprint density at radius 1 is 1.06 bits per heavy atom. The number of halogens is 1. The van der Waals surface area contributed by atoms with Crippen LogP contribution in [0.5, 0.6) is 5.75 Å². The molecule has 174 valence electrons. The van der Waals surface area contributed by atoms with Crippen LogP contribution in [-0.2, 0) is 9.59 Å². The average molecular weight is 552 g/mol. The van der Waals surface area contributed by atoms with Gasteiger partial charge in [0, 0.05) is 32.6 Å². The highest BCUT2D eigenvalue weighted by Gasteiger charge is 2.58. The SMILES string of the molecule is CCNC(=NCCCOc1ccccc1)NCCCN1C(=O)C2C3C=CC(C3)C2C1=O.I. The molecule has 3 aliphatic rings. The van der Waals surface area contributed by atoms with Crippen molar-refractivity contribution in [2.24, 2.45) is 28.7 Å². The monoisotopic (exact) mass is 552 g/mol. The third-order valence-electron chi connectivity index (χ3n) is 6.34. The number of nitrogens with one attached hydrogen (secondary N) is 2. The van der Waals surface area contributed by atoms with Crippen LogP contribution in [0.3, 0.4) is 0 Å². The molecule has 2 N–H and O–H groups in total. The summed E-state index contributed by atoms with van der Waals surface area (Å²) in [6.07, 6.45) is 6.77. The van der Waals surface area contributed by atoms with Crippen LogP contribution in [0.25, 0.3) is 0 Å². The molecule has 0 aromatic heterocycles. The fourth-order valence-corrected chi connectivity index (χ4v) is 4.93. The van der Waals surface area contributed by atoms with Crippen molar-refractivity contribution < 1.29 is 14.3 Å².